The van der Waals surface area contributed by atoms with E-state index in [1.54, 1.807) is 0 Å². The van der Waals surface area contributed by atoms with Crippen LogP contribution in [0.2, 0.25) is 0 Å². The third-order valence-electron chi connectivity index (χ3n) is 3.24. The van der Waals surface area contributed by atoms with Gasteiger partial charge in [-0.2, -0.15) is 0 Å². The Morgan fingerprint density at radius 1 is 1.46 bits per heavy atom. The number of rotatable bonds is 1. The standard InChI is InChI=1S/C10H20N2O/c1-9(2)12-5-4-11-10(7-12)3-6-13-8-10/h9,11H,3-8H2,1-2H3/t10-/m1/s1. The molecule has 0 aromatic carbocycles. The van der Waals surface area contributed by atoms with Gasteiger partial charge in [0.2, 0.25) is 0 Å². The zero-order chi connectivity index (χ0) is 9.31. The van der Waals surface area contributed by atoms with Crippen LogP contribution in [0.1, 0.15) is 20.3 Å². The summed E-state index contributed by atoms with van der Waals surface area (Å²) in [5.41, 5.74) is 0.280. The van der Waals surface area contributed by atoms with Crippen molar-refractivity contribution < 1.29 is 4.74 Å². The van der Waals surface area contributed by atoms with Gasteiger partial charge in [0.25, 0.3) is 0 Å². The van der Waals surface area contributed by atoms with Crippen LogP contribution in [0.15, 0.2) is 0 Å². The molecule has 0 amide bonds. The molecule has 13 heavy (non-hydrogen) atoms. The third kappa shape index (κ3) is 1.87. The van der Waals surface area contributed by atoms with Crippen LogP contribution < -0.4 is 5.32 Å². The Kier molecular flexibility index (Phi) is 2.58. The van der Waals surface area contributed by atoms with E-state index in [-0.39, 0.29) is 5.54 Å². The number of hydrogen-bond acceptors (Lipinski definition) is 3. The first-order valence-electron chi connectivity index (χ1n) is 5.29. The largest absolute Gasteiger partial charge is 0.379 e. The Morgan fingerprint density at radius 3 is 2.92 bits per heavy atom. The maximum atomic E-state index is 5.48. The van der Waals surface area contributed by atoms with Gasteiger partial charge < -0.3 is 10.1 Å². The lowest BCUT2D eigenvalue weighted by molar-refractivity contribution is 0.0868. The molecule has 2 aliphatic heterocycles. The van der Waals surface area contributed by atoms with E-state index in [0.717, 1.165) is 26.3 Å². The Hall–Kier alpha value is -0.120. The maximum absolute atomic E-state index is 5.48. The second kappa shape index (κ2) is 3.56. The Labute approximate surface area is 80.4 Å². The highest BCUT2D eigenvalue weighted by Gasteiger charge is 2.38. The molecule has 3 nitrogen and oxygen atoms in total. The molecule has 0 aliphatic carbocycles. The van der Waals surface area contributed by atoms with Crippen LogP contribution in [0.4, 0.5) is 0 Å². The fraction of sp³-hybridized carbons (Fsp3) is 1.00. The number of nitrogens with zero attached hydrogens (tertiary/aromatic N) is 1. The van der Waals surface area contributed by atoms with Crippen molar-refractivity contribution >= 4 is 0 Å². The third-order valence-corrected chi connectivity index (χ3v) is 3.24. The second-order valence-electron chi connectivity index (χ2n) is 4.57. The monoisotopic (exact) mass is 184 g/mol. The van der Waals surface area contributed by atoms with Gasteiger partial charge in [-0.15, -0.1) is 0 Å². The quantitative estimate of drug-likeness (QED) is 0.641. The normalized spacial score (nSPS) is 36.2. The van der Waals surface area contributed by atoms with E-state index < -0.39 is 0 Å². The molecule has 0 radical (unpaired) electrons. The molecule has 0 aromatic heterocycles. The summed E-state index contributed by atoms with van der Waals surface area (Å²) in [6.45, 7) is 9.82. The first-order valence-corrected chi connectivity index (χ1v) is 5.29. The molecular weight excluding hydrogens is 164 g/mol. The minimum atomic E-state index is 0.280. The van der Waals surface area contributed by atoms with E-state index in [1.165, 1.54) is 13.0 Å². The number of piperazine rings is 1. The van der Waals surface area contributed by atoms with Crippen LogP contribution in [0.25, 0.3) is 0 Å². The molecule has 1 spiro atoms. The van der Waals surface area contributed by atoms with Gasteiger partial charge in [-0.05, 0) is 20.3 Å². The molecule has 3 heteroatoms. The topological polar surface area (TPSA) is 24.5 Å². The van der Waals surface area contributed by atoms with Gasteiger partial charge in [-0.3, -0.25) is 4.90 Å². The lowest BCUT2D eigenvalue weighted by Gasteiger charge is -2.42. The Morgan fingerprint density at radius 2 is 2.31 bits per heavy atom. The van der Waals surface area contributed by atoms with E-state index in [4.69, 9.17) is 4.74 Å². The van der Waals surface area contributed by atoms with Crippen molar-refractivity contribution in [3.8, 4) is 0 Å². The zero-order valence-corrected chi connectivity index (χ0v) is 8.68. The van der Waals surface area contributed by atoms with E-state index >= 15 is 0 Å². The highest BCUT2D eigenvalue weighted by atomic mass is 16.5. The summed E-state index contributed by atoms with van der Waals surface area (Å²) in [6.07, 6.45) is 1.18. The van der Waals surface area contributed by atoms with E-state index in [2.05, 4.69) is 24.1 Å². The molecule has 0 aromatic rings. The molecule has 0 bridgehead atoms. The molecule has 1 N–H and O–H groups in total. The van der Waals surface area contributed by atoms with Crippen LogP contribution in [0.5, 0.6) is 0 Å². The van der Waals surface area contributed by atoms with Gasteiger partial charge in [-0.1, -0.05) is 0 Å². The van der Waals surface area contributed by atoms with Crippen LogP contribution in [0, 0.1) is 0 Å². The lowest BCUT2D eigenvalue weighted by Crippen LogP contribution is -2.62. The number of ether oxygens (including phenoxy) is 1. The fourth-order valence-electron chi connectivity index (χ4n) is 2.30. The summed E-state index contributed by atoms with van der Waals surface area (Å²) in [7, 11) is 0. The molecule has 2 rings (SSSR count). The van der Waals surface area contributed by atoms with Crippen molar-refractivity contribution in [1.29, 1.82) is 0 Å². The lowest BCUT2D eigenvalue weighted by atomic mass is 9.95. The summed E-state index contributed by atoms with van der Waals surface area (Å²) < 4.78 is 5.48. The minimum Gasteiger partial charge on any atom is -0.379 e. The minimum absolute atomic E-state index is 0.280. The van der Waals surface area contributed by atoms with Gasteiger partial charge in [0, 0.05) is 32.3 Å². The van der Waals surface area contributed by atoms with E-state index in [1.807, 2.05) is 0 Å². The van der Waals surface area contributed by atoms with Gasteiger partial charge in [0.05, 0.1) is 12.1 Å². The van der Waals surface area contributed by atoms with Crippen LogP contribution in [0.3, 0.4) is 0 Å². The Bertz CT molecular complexity index is 176. The number of hydrogen-bond donors (Lipinski definition) is 1. The van der Waals surface area contributed by atoms with E-state index in [0.29, 0.717) is 6.04 Å². The molecule has 2 fully saturated rings. The summed E-state index contributed by atoms with van der Waals surface area (Å²) in [6, 6.07) is 0.666. The highest BCUT2D eigenvalue weighted by molar-refractivity contribution is 4.98. The van der Waals surface area contributed by atoms with Gasteiger partial charge in [0.1, 0.15) is 0 Å². The fourth-order valence-corrected chi connectivity index (χ4v) is 2.30. The maximum Gasteiger partial charge on any atom is 0.0661 e. The molecule has 2 heterocycles. The first-order chi connectivity index (χ1) is 6.22. The summed E-state index contributed by atoms with van der Waals surface area (Å²) >= 11 is 0. The predicted octanol–water partition coefficient (Wildman–Crippen LogP) is 0.459. The van der Waals surface area contributed by atoms with Crippen molar-refractivity contribution in [3.05, 3.63) is 0 Å². The van der Waals surface area contributed by atoms with Crippen molar-refractivity contribution in [2.45, 2.75) is 31.8 Å². The number of nitrogens with one attached hydrogen (secondary N) is 1. The summed E-state index contributed by atoms with van der Waals surface area (Å²) in [4.78, 5) is 2.55. The first kappa shape index (κ1) is 9.44. The van der Waals surface area contributed by atoms with Gasteiger partial charge in [-0.25, -0.2) is 0 Å². The molecule has 0 saturated carbocycles. The van der Waals surface area contributed by atoms with Gasteiger partial charge >= 0.3 is 0 Å². The van der Waals surface area contributed by atoms with Crippen LogP contribution in [-0.2, 0) is 4.74 Å². The van der Waals surface area contributed by atoms with Crippen molar-refractivity contribution in [2.75, 3.05) is 32.8 Å². The molecule has 1 atom stereocenters. The molecular formula is C10H20N2O. The second-order valence-corrected chi connectivity index (χ2v) is 4.57. The zero-order valence-electron chi connectivity index (χ0n) is 8.68. The average molecular weight is 184 g/mol. The van der Waals surface area contributed by atoms with E-state index in [9.17, 15) is 0 Å². The van der Waals surface area contributed by atoms with Gasteiger partial charge in [0.15, 0.2) is 0 Å². The molecule has 76 valence electrons. The molecule has 0 unspecified atom stereocenters. The Balaban J connectivity index is 1.98. The SMILES string of the molecule is CC(C)N1CCN[C@]2(CCOC2)C1. The highest BCUT2D eigenvalue weighted by Crippen LogP contribution is 2.23. The molecule has 2 aliphatic rings. The van der Waals surface area contributed by atoms with Crippen molar-refractivity contribution in [2.24, 2.45) is 0 Å². The molecule has 2 saturated heterocycles. The van der Waals surface area contributed by atoms with Crippen molar-refractivity contribution in [3.63, 3.8) is 0 Å². The van der Waals surface area contributed by atoms with Crippen LogP contribution in [-0.4, -0.2) is 49.3 Å². The average Bonchev–Trinajstić information content (AvgIpc) is 2.53. The smallest absolute Gasteiger partial charge is 0.0661 e. The summed E-state index contributed by atoms with van der Waals surface area (Å²) in [5, 5.41) is 3.61. The summed E-state index contributed by atoms with van der Waals surface area (Å²) in [5.74, 6) is 0. The van der Waals surface area contributed by atoms with Crippen molar-refractivity contribution in [1.82, 2.24) is 10.2 Å². The predicted molar refractivity (Wildman–Crippen MR) is 52.9 cm³/mol. The van der Waals surface area contributed by atoms with Crippen LogP contribution >= 0.6 is 0 Å².